The lowest BCUT2D eigenvalue weighted by molar-refractivity contribution is -0.117. The molecule has 174 valence electrons. The van der Waals surface area contributed by atoms with Crippen molar-refractivity contribution in [1.29, 1.82) is 0 Å². The minimum Gasteiger partial charge on any atom is -0.497 e. The van der Waals surface area contributed by atoms with Crippen LogP contribution in [-0.4, -0.2) is 35.7 Å². The zero-order chi connectivity index (χ0) is 23.7. The van der Waals surface area contributed by atoms with Crippen molar-refractivity contribution in [2.75, 3.05) is 25.2 Å². The van der Waals surface area contributed by atoms with Gasteiger partial charge in [-0.3, -0.25) is 4.79 Å². The van der Waals surface area contributed by atoms with Gasteiger partial charge in [0, 0.05) is 29.6 Å². The number of methoxy groups -OCH3 is 1. The summed E-state index contributed by atoms with van der Waals surface area (Å²) in [5.74, 6) is 2.56. The molecule has 0 spiro atoms. The number of halogens is 1. The van der Waals surface area contributed by atoms with Crippen LogP contribution in [0.3, 0.4) is 0 Å². The highest BCUT2D eigenvalue weighted by atomic mass is 35.5. The molecule has 5 rings (SSSR count). The first-order chi connectivity index (χ1) is 16.5. The van der Waals surface area contributed by atoms with Crippen molar-refractivity contribution in [3.05, 3.63) is 83.1 Å². The number of rotatable bonds is 7. The lowest BCUT2D eigenvalue weighted by Crippen LogP contribution is -2.25. The van der Waals surface area contributed by atoms with Crippen molar-refractivity contribution >= 4 is 34.2 Å². The van der Waals surface area contributed by atoms with E-state index in [9.17, 15) is 4.79 Å². The van der Waals surface area contributed by atoms with Gasteiger partial charge in [-0.2, -0.15) is 0 Å². The predicted octanol–water partition coefficient (Wildman–Crippen LogP) is 5.61. The average molecular weight is 476 g/mol. The highest BCUT2D eigenvalue weighted by molar-refractivity contribution is 6.31. The van der Waals surface area contributed by atoms with Gasteiger partial charge in [0.2, 0.25) is 5.91 Å². The Morgan fingerprint density at radius 3 is 2.59 bits per heavy atom. The fraction of sp³-hybridized carbons (Fsp3) is 0.259. The Bertz CT molecular complexity index is 1330. The summed E-state index contributed by atoms with van der Waals surface area (Å²) in [5.41, 5.74) is 3.75. The summed E-state index contributed by atoms with van der Waals surface area (Å²) in [6.45, 7) is 3.63. The first-order valence-electron chi connectivity index (χ1n) is 11.3. The first kappa shape index (κ1) is 22.3. The van der Waals surface area contributed by atoms with Crippen LogP contribution in [0, 0.1) is 6.92 Å². The fourth-order valence-corrected chi connectivity index (χ4v) is 4.74. The van der Waals surface area contributed by atoms with Crippen LogP contribution in [0.25, 0.3) is 11.0 Å². The Balaban J connectivity index is 1.39. The maximum atomic E-state index is 13.0. The SMILES string of the molecule is COc1ccc(OCCn2c([C@@H]3CC(=O)N(c4cccc(Cl)c4C)C3)nc3ccccc32)cc1. The highest BCUT2D eigenvalue weighted by Gasteiger charge is 2.35. The maximum absolute atomic E-state index is 13.0. The number of amides is 1. The van der Waals surface area contributed by atoms with Crippen molar-refractivity contribution in [2.24, 2.45) is 0 Å². The number of fused-ring (bicyclic) bond motifs is 1. The van der Waals surface area contributed by atoms with Crippen LogP contribution in [-0.2, 0) is 11.3 Å². The topological polar surface area (TPSA) is 56.6 Å². The number of aromatic nitrogens is 2. The molecule has 1 amide bonds. The van der Waals surface area contributed by atoms with Gasteiger partial charge in [0.15, 0.2) is 0 Å². The standard InChI is InChI=1S/C27H26ClN3O3/c1-18-22(28)6-5-9-24(18)31-17-19(16-26(31)32)27-29-23-7-3-4-8-25(23)30(27)14-15-34-21-12-10-20(33-2)11-13-21/h3-13,19H,14-17H2,1-2H3/t19-/m1/s1. The third kappa shape index (κ3) is 4.21. The van der Waals surface area contributed by atoms with E-state index in [2.05, 4.69) is 10.6 Å². The van der Waals surface area contributed by atoms with E-state index in [1.807, 2.05) is 72.5 Å². The normalized spacial score (nSPS) is 15.8. The molecule has 1 aromatic heterocycles. The van der Waals surface area contributed by atoms with Gasteiger partial charge in [-0.25, -0.2) is 4.98 Å². The monoisotopic (exact) mass is 475 g/mol. The molecule has 0 aliphatic carbocycles. The van der Waals surface area contributed by atoms with E-state index in [-0.39, 0.29) is 11.8 Å². The summed E-state index contributed by atoms with van der Waals surface area (Å²) >= 11 is 6.32. The quantitative estimate of drug-likeness (QED) is 0.349. The van der Waals surface area contributed by atoms with E-state index in [1.54, 1.807) is 7.11 Å². The van der Waals surface area contributed by atoms with Gasteiger partial charge in [0.05, 0.1) is 24.7 Å². The van der Waals surface area contributed by atoms with Crippen LogP contribution >= 0.6 is 11.6 Å². The second-order valence-electron chi connectivity index (χ2n) is 8.42. The first-order valence-corrected chi connectivity index (χ1v) is 11.7. The number of nitrogens with zero attached hydrogens (tertiary/aromatic N) is 3. The van der Waals surface area contributed by atoms with Crippen LogP contribution in [0.2, 0.25) is 5.02 Å². The Labute approximate surface area is 203 Å². The molecular formula is C27H26ClN3O3. The van der Waals surface area contributed by atoms with Gasteiger partial charge in [-0.1, -0.05) is 29.8 Å². The number of para-hydroxylation sites is 2. The van der Waals surface area contributed by atoms with Crippen LogP contribution in [0.1, 0.15) is 23.7 Å². The van der Waals surface area contributed by atoms with Crippen molar-refractivity contribution in [3.8, 4) is 11.5 Å². The number of anilines is 1. The molecule has 3 aromatic carbocycles. The van der Waals surface area contributed by atoms with Gasteiger partial charge < -0.3 is 18.9 Å². The molecule has 0 saturated carbocycles. The smallest absolute Gasteiger partial charge is 0.227 e. The summed E-state index contributed by atoms with van der Waals surface area (Å²) in [6.07, 6.45) is 0.411. The predicted molar refractivity (Wildman–Crippen MR) is 134 cm³/mol. The van der Waals surface area contributed by atoms with Crippen LogP contribution in [0.5, 0.6) is 11.5 Å². The summed E-state index contributed by atoms with van der Waals surface area (Å²) in [7, 11) is 1.64. The van der Waals surface area contributed by atoms with Gasteiger partial charge >= 0.3 is 0 Å². The highest BCUT2D eigenvalue weighted by Crippen LogP contribution is 2.36. The molecule has 7 heteroatoms. The zero-order valence-electron chi connectivity index (χ0n) is 19.2. The molecule has 0 unspecified atom stereocenters. The van der Waals surface area contributed by atoms with Gasteiger partial charge in [0.1, 0.15) is 23.9 Å². The minimum atomic E-state index is -0.0146. The molecule has 6 nitrogen and oxygen atoms in total. The fourth-order valence-electron chi connectivity index (χ4n) is 4.57. The van der Waals surface area contributed by atoms with E-state index < -0.39 is 0 Å². The molecule has 2 heterocycles. The molecule has 34 heavy (non-hydrogen) atoms. The number of hydrogen-bond acceptors (Lipinski definition) is 4. The largest absolute Gasteiger partial charge is 0.497 e. The second kappa shape index (κ2) is 9.39. The van der Waals surface area contributed by atoms with E-state index in [0.29, 0.717) is 31.1 Å². The Morgan fingerprint density at radius 1 is 1.03 bits per heavy atom. The van der Waals surface area contributed by atoms with E-state index in [1.165, 1.54) is 0 Å². The number of carbonyl (C=O) groups excluding carboxylic acids is 1. The summed E-state index contributed by atoms with van der Waals surface area (Å²) in [5, 5.41) is 0.664. The second-order valence-corrected chi connectivity index (χ2v) is 8.83. The van der Waals surface area contributed by atoms with Gasteiger partial charge in [-0.15, -0.1) is 0 Å². The van der Waals surface area contributed by atoms with Crippen LogP contribution in [0.4, 0.5) is 5.69 Å². The van der Waals surface area contributed by atoms with E-state index in [0.717, 1.165) is 39.6 Å². The molecule has 1 atom stereocenters. The number of ether oxygens (including phenoxy) is 2. The van der Waals surface area contributed by atoms with Crippen molar-refractivity contribution in [2.45, 2.75) is 25.8 Å². The number of carbonyl (C=O) groups is 1. The molecule has 4 aromatic rings. The molecule has 1 fully saturated rings. The molecule has 1 aliphatic heterocycles. The van der Waals surface area contributed by atoms with E-state index >= 15 is 0 Å². The molecule has 1 aliphatic rings. The lowest BCUT2D eigenvalue weighted by Gasteiger charge is -2.20. The molecule has 0 bridgehead atoms. The summed E-state index contributed by atoms with van der Waals surface area (Å²) in [4.78, 5) is 19.8. The molecule has 0 N–H and O–H groups in total. The van der Waals surface area contributed by atoms with Gasteiger partial charge in [-0.05, 0) is 61.0 Å². The third-order valence-electron chi connectivity index (χ3n) is 6.35. The lowest BCUT2D eigenvalue weighted by atomic mass is 10.1. The van der Waals surface area contributed by atoms with Gasteiger partial charge in [0.25, 0.3) is 0 Å². The van der Waals surface area contributed by atoms with Crippen molar-refractivity contribution in [3.63, 3.8) is 0 Å². The van der Waals surface area contributed by atoms with Crippen LogP contribution < -0.4 is 14.4 Å². The molecular weight excluding hydrogens is 450 g/mol. The molecule has 1 saturated heterocycles. The average Bonchev–Trinajstić information content (AvgIpc) is 3.42. The minimum absolute atomic E-state index is 0.0146. The Kier molecular flexibility index (Phi) is 6.16. The number of imidazole rings is 1. The van der Waals surface area contributed by atoms with Crippen molar-refractivity contribution < 1.29 is 14.3 Å². The Morgan fingerprint density at radius 2 is 1.79 bits per heavy atom. The third-order valence-corrected chi connectivity index (χ3v) is 6.76. The number of benzene rings is 3. The maximum Gasteiger partial charge on any atom is 0.227 e. The number of hydrogen-bond donors (Lipinski definition) is 0. The van der Waals surface area contributed by atoms with Crippen LogP contribution in [0.15, 0.2) is 66.7 Å². The molecule has 0 radical (unpaired) electrons. The summed E-state index contributed by atoms with van der Waals surface area (Å²) < 4.78 is 13.4. The summed E-state index contributed by atoms with van der Waals surface area (Å²) in [6, 6.07) is 21.3. The Hall–Kier alpha value is -3.51. The van der Waals surface area contributed by atoms with E-state index in [4.69, 9.17) is 26.1 Å². The zero-order valence-corrected chi connectivity index (χ0v) is 20.0. The van der Waals surface area contributed by atoms with Crippen molar-refractivity contribution in [1.82, 2.24) is 9.55 Å².